The summed E-state index contributed by atoms with van der Waals surface area (Å²) in [6, 6.07) is 9.54. The van der Waals surface area contributed by atoms with Crippen molar-refractivity contribution >= 4 is 18.2 Å². The van der Waals surface area contributed by atoms with E-state index >= 15 is 0 Å². The zero-order chi connectivity index (χ0) is 17.2. The second-order valence-electron chi connectivity index (χ2n) is 5.17. The summed E-state index contributed by atoms with van der Waals surface area (Å²) in [7, 11) is 0. The van der Waals surface area contributed by atoms with Crippen molar-refractivity contribution in [1.29, 1.82) is 0 Å². The van der Waals surface area contributed by atoms with Crippen LogP contribution in [0.15, 0.2) is 30.3 Å². The molecule has 1 aromatic carbocycles. The topological polar surface area (TPSA) is 78.9 Å². The largest absolute Gasteiger partial charge is 0.460 e. The molecule has 1 rings (SSSR count). The normalized spacial score (nSPS) is 14.4. The summed E-state index contributed by atoms with van der Waals surface area (Å²) in [4.78, 5) is 33.2. The molecule has 0 unspecified atom stereocenters. The Kier molecular flexibility index (Phi) is 7.97. The van der Waals surface area contributed by atoms with Crippen LogP contribution >= 0.6 is 0 Å². The molecule has 0 aliphatic rings. The first-order valence-corrected chi connectivity index (χ1v) is 7.37. The van der Waals surface area contributed by atoms with Crippen LogP contribution in [-0.2, 0) is 35.2 Å². The van der Waals surface area contributed by atoms with Gasteiger partial charge in [-0.2, -0.15) is 0 Å². The van der Waals surface area contributed by atoms with Crippen LogP contribution in [0.5, 0.6) is 0 Å². The average Bonchev–Trinajstić information content (AvgIpc) is 2.51. The van der Waals surface area contributed by atoms with Gasteiger partial charge in [-0.1, -0.05) is 30.3 Å². The highest BCUT2D eigenvalue weighted by Gasteiger charge is 2.26. The SMILES string of the molecule is CC(=O)O[C@H](C=O)C[C@H](OC(C)=O)[C@H](C)OCc1ccccc1. The molecule has 0 aliphatic heterocycles. The van der Waals surface area contributed by atoms with Crippen LogP contribution in [0, 0.1) is 0 Å². The predicted octanol–water partition coefficient (Wildman–Crippen LogP) is 2.04. The van der Waals surface area contributed by atoms with E-state index in [1.165, 1.54) is 13.8 Å². The Morgan fingerprint density at radius 2 is 1.70 bits per heavy atom. The van der Waals surface area contributed by atoms with Gasteiger partial charge in [0.1, 0.15) is 6.10 Å². The fourth-order valence-electron chi connectivity index (χ4n) is 2.03. The molecule has 3 atom stereocenters. The van der Waals surface area contributed by atoms with E-state index in [2.05, 4.69) is 0 Å². The smallest absolute Gasteiger partial charge is 0.303 e. The number of esters is 2. The lowest BCUT2D eigenvalue weighted by Crippen LogP contribution is -2.36. The summed E-state index contributed by atoms with van der Waals surface area (Å²) in [6.07, 6.45) is -1.55. The molecule has 0 aliphatic carbocycles. The van der Waals surface area contributed by atoms with Gasteiger partial charge in [0, 0.05) is 20.3 Å². The van der Waals surface area contributed by atoms with Crippen LogP contribution in [0.4, 0.5) is 0 Å². The van der Waals surface area contributed by atoms with E-state index in [0.29, 0.717) is 12.9 Å². The highest BCUT2D eigenvalue weighted by molar-refractivity contribution is 5.70. The number of aldehydes is 1. The Morgan fingerprint density at radius 3 is 2.22 bits per heavy atom. The van der Waals surface area contributed by atoms with Crippen molar-refractivity contribution in [2.45, 2.75) is 52.1 Å². The summed E-state index contributed by atoms with van der Waals surface area (Å²) in [5, 5.41) is 0. The summed E-state index contributed by atoms with van der Waals surface area (Å²) < 4.78 is 15.8. The number of ether oxygens (including phenoxy) is 3. The van der Waals surface area contributed by atoms with Crippen LogP contribution in [0.2, 0.25) is 0 Å². The van der Waals surface area contributed by atoms with Crippen molar-refractivity contribution in [2.24, 2.45) is 0 Å². The van der Waals surface area contributed by atoms with E-state index in [0.717, 1.165) is 5.56 Å². The van der Waals surface area contributed by atoms with Gasteiger partial charge >= 0.3 is 11.9 Å². The van der Waals surface area contributed by atoms with Crippen molar-refractivity contribution in [3.63, 3.8) is 0 Å². The number of benzene rings is 1. The number of carbonyl (C=O) groups excluding carboxylic acids is 3. The van der Waals surface area contributed by atoms with Gasteiger partial charge in [0.05, 0.1) is 12.7 Å². The quantitative estimate of drug-likeness (QED) is 0.511. The summed E-state index contributed by atoms with van der Waals surface area (Å²) >= 11 is 0. The molecule has 1 aromatic rings. The van der Waals surface area contributed by atoms with Gasteiger partial charge in [-0.05, 0) is 12.5 Å². The van der Waals surface area contributed by atoms with Crippen molar-refractivity contribution in [1.82, 2.24) is 0 Å². The summed E-state index contributed by atoms with van der Waals surface area (Å²) in [6.45, 7) is 4.58. The average molecular weight is 322 g/mol. The molecule has 0 radical (unpaired) electrons. The minimum absolute atomic E-state index is 0.0542. The van der Waals surface area contributed by atoms with Gasteiger partial charge in [0.25, 0.3) is 0 Å². The van der Waals surface area contributed by atoms with Crippen LogP contribution in [0.3, 0.4) is 0 Å². The Labute approximate surface area is 135 Å². The number of hydrogen-bond donors (Lipinski definition) is 0. The molecule has 126 valence electrons. The second-order valence-corrected chi connectivity index (χ2v) is 5.17. The maximum Gasteiger partial charge on any atom is 0.303 e. The van der Waals surface area contributed by atoms with Crippen molar-refractivity contribution < 1.29 is 28.6 Å². The Bertz CT molecular complexity index is 513. The van der Waals surface area contributed by atoms with Crippen LogP contribution in [0.1, 0.15) is 32.8 Å². The van der Waals surface area contributed by atoms with Crippen LogP contribution in [0.25, 0.3) is 0 Å². The maximum absolute atomic E-state index is 11.3. The standard InChI is InChI=1S/C17H22O6/c1-12(21-11-15-7-5-4-6-8-15)17(23-14(3)20)9-16(10-18)22-13(2)19/h4-8,10,12,16-17H,9,11H2,1-3H3/t12-,16-,17-/m0/s1. The molecule has 0 heterocycles. The maximum atomic E-state index is 11.3. The molecule has 0 aromatic heterocycles. The molecule has 6 heteroatoms. The Balaban J connectivity index is 2.65. The van der Waals surface area contributed by atoms with E-state index < -0.39 is 30.3 Å². The number of hydrogen-bond acceptors (Lipinski definition) is 6. The third kappa shape index (κ3) is 7.56. The van der Waals surface area contributed by atoms with Crippen molar-refractivity contribution in [2.75, 3.05) is 0 Å². The van der Waals surface area contributed by atoms with Gasteiger partial charge in [0.2, 0.25) is 0 Å². The molecule has 0 N–H and O–H groups in total. The van der Waals surface area contributed by atoms with Crippen molar-refractivity contribution in [3.05, 3.63) is 35.9 Å². The summed E-state index contributed by atoms with van der Waals surface area (Å²) in [5.74, 6) is -1.06. The zero-order valence-corrected chi connectivity index (χ0v) is 13.6. The van der Waals surface area contributed by atoms with Gasteiger partial charge in [-0.3, -0.25) is 14.4 Å². The van der Waals surface area contributed by atoms with Crippen LogP contribution in [-0.4, -0.2) is 36.5 Å². The lowest BCUT2D eigenvalue weighted by Gasteiger charge is -2.25. The zero-order valence-electron chi connectivity index (χ0n) is 13.6. The van der Waals surface area contributed by atoms with Gasteiger partial charge in [-0.15, -0.1) is 0 Å². The van der Waals surface area contributed by atoms with Crippen LogP contribution < -0.4 is 0 Å². The van der Waals surface area contributed by atoms with E-state index in [1.807, 2.05) is 30.3 Å². The molecule has 0 saturated heterocycles. The van der Waals surface area contributed by atoms with Gasteiger partial charge in [-0.25, -0.2) is 0 Å². The Hall–Kier alpha value is -2.21. The van der Waals surface area contributed by atoms with Gasteiger partial charge in [0.15, 0.2) is 12.4 Å². The lowest BCUT2D eigenvalue weighted by molar-refractivity contribution is -0.162. The highest BCUT2D eigenvalue weighted by Crippen LogP contribution is 2.15. The number of carbonyl (C=O) groups is 3. The first kappa shape index (κ1) is 18.8. The minimum Gasteiger partial charge on any atom is -0.460 e. The van der Waals surface area contributed by atoms with E-state index in [-0.39, 0.29) is 6.42 Å². The molecule has 0 spiro atoms. The Morgan fingerprint density at radius 1 is 1.09 bits per heavy atom. The second kappa shape index (κ2) is 9.74. The van der Waals surface area contributed by atoms with E-state index in [4.69, 9.17) is 14.2 Å². The monoisotopic (exact) mass is 322 g/mol. The fraction of sp³-hybridized carbons (Fsp3) is 0.471. The lowest BCUT2D eigenvalue weighted by atomic mass is 10.1. The fourth-order valence-corrected chi connectivity index (χ4v) is 2.03. The third-order valence-corrected chi connectivity index (χ3v) is 3.13. The third-order valence-electron chi connectivity index (χ3n) is 3.13. The molecule has 0 bridgehead atoms. The summed E-state index contributed by atoms with van der Waals surface area (Å²) in [5.41, 5.74) is 0.979. The first-order chi connectivity index (χ1) is 10.9. The van der Waals surface area contributed by atoms with Crippen molar-refractivity contribution in [3.8, 4) is 0 Å². The molecular formula is C17H22O6. The first-order valence-electron chi connectivity index (χ1n) is 7.37. The molecule has 0 fully saturated rings. The van der Waals surface area contributed by atoms with E-state index in [9.17, 15) is 14.4 Å². The predicted molar refractivity (Wildman–Crippen MR) is 82.5 cm³/mol. The minimum atomic E-state index is -0.973. The van der Waals surface area contributed by atoms with E-state index in [1.54, 1.807) is 6.92 Å². The molecule has 0 saturated carbocycles. The number of rotatable bonds is 9. The molecule has 0 amide bonds. The molecular weight excluding hydrogens is 300 g/mol. The van der Waals surface area contributed by atoms with Gasteiger partial charge < -0.3 is 14.2 Å². The molecule has 23 heavy (non-hydrogen) atoms. The highest BCUT2D eigenvalue weighted by atomic mass is 16.6. The molecule has 6 nitrogen and oxygen atoms in total.